The molecule has 6 rings (SSSR count). The van der Waals surface area contributed by atoms with Crippen molar-refractivity contribution in [2.75, 3.05) is 13.7 Å². The van der Waals surface area contributed by atoms with Gasteiger partial charge in [0.25, 0.3) is 0 Å². The molecule has 272 valence electrons. The third-order valence-corrected chi connectivity index (χ3v) is 10.0. The molecule has 0 spiro atoms. The van der Waals surface area contributed by atoms with E-state index in [0.717, 1.165) is 5.56 Å². The number of phenolic OH excluding ortho intramolecular Hbond substituents is 2. The van der Waals surface area contributed by atoms with E-state index in [1.54, 1.807) is 13.8 Å². The first kappa shape index (κ1) is 36.7. The van der Waals surface area contributed by atoms with Crippen LogP contribution >= 0.6 is 12.2 Å². The fourth-order valence-corrected chi connectivity index (χ4v) is 7.18. The molecule has 2 aliphatic carbocycles. The number of aliphatic hydroxyl groups is 2. The Hall–Kier alpha value is -5.09. The minimum absolute atomic E-state index is 0.0205. The molecule has 15 nitrogen and oxygen atoms in total. The Bertz CT molecular complexity index is 2000. The van der Waals surface area contributed by atoms with Gasteiger partial charge in [0.1, 0.15) is 22.8 Å². The summed E-state index contributed by atoms with van der Waals surface area (Å²) in [5.74, 6) is -2.58. The number of azide groups is 1. The molecule has 16 heteroatoms. The minimum atomic E-state index is -1.85. The van der Waals surface area contributed by atoms with Crippen LogP contribution in [-0.2, 0) is 22.3 Å². The van der Waals surface area contributed by atoms with E-state index in [4.69, 9.17) is 32.0 Å². The van der Waals surface area contributed by atoms with Gasteiger partial charge in [-0.2, -0.15) is 5.10 Å². The summed E-state index contributed by atoms with van der Waals surface area (Å²) < 4.78 is 17.6. The molecule has 1 heterocycles. The highest BCUT2D eigenvalue weighted by molar-refractivity contribution is 7.80. The first-order valence-corrected chi connectivity index (χ1v) is 17.0. The lowest BCUT2D eigenvalue weighted by atomic mass is 9.72. The van der Waals surface area contributed by atoms with E-state index in [2.05, 4.69) is 25.9 Å². The number of hydrogen-bond acceptors (Lipinski definition) is 12. The average Bonchev–Trinajstić information content (AvgIpc) is 3.13. The van der Waals surface area contributed by atoms with Crippen molar-refractivity contribution in [3.63, 3.8) is 0 Å². The van der Waals surface area contributed by atoms with E-state index in [-0.39, 0.29) is 58.1 Å². The molecule has 1 fully saturated rings. The fraction of sp³-hybridized carbons (Fsp3) is 0.389. The van der Waals surface area contributed by atoms with E-state index in [1.807, 2.05) is 30.3 Å². The van der Waals surface area contributed by atoms with Crippen LogP contribution in [-0.4, -0.2) is 86.6 Å². The molecule has 0 saturated carbocycles. The van der Waals surface area contributed by atoms with Gasteiger partial charge in [0, 0.05) is 47.4 Å². The molecule has 3 aliphatic rings. The van der Waals surface area contributed by atoms with Crippen LogP contribution in [0.2, 0.25) is 0 Å². The third kappa shape index (κ3) is 6.79. The average molecular weight is 731 g/mol. The highest BCUT2D eigenvalue weighted by Gasteiger charge is 2.49. The Morgan fingerprint density at radius 2 is 1.83 bits per heavy atom. The number of hydrogen-bond donors (Lipinski definition) is 6. The lowest BCUT2D eigenvalue weighted by Gasteiger charge is -2.42. The van der Waals surface area contributed by atoms with Gasteiger partial charge >= 0.3 is 0 Å². The number of aromatic hydroxyl groups is 2. The molecule has 6 atom stereocenters. The zero-order chi connectivity index (χ0) is 37.3. The van der Waals surface area contributed by atoms with Crippen LogP contribution in [0.25, 0.3) is 10.4 Å². The summed E-state index contributed by atoms with van der Waals surface area (Å²) in [5.41, 5.74) is 10.2. The number of benzene rings is 3. The second-order valence-electron chi connectivity index (χ2n) is 13.0. The zero-order valence-corrected chi connectivity index (χ0v) is 29.4. The lowest BCUT2D eigenvalue weighted by molar-refractivity contribution is -0.245. The maximum atomic E-state index is 14.0. The van der Waals surface area contributed by atoms with Gasteiger partial charge in [0.2, 0.25) is 5.78 Å². The summed E-state index contributed by atoms with van der Waals surface area (Å²) in [5, 5.41) is 57.7. The summed E-state index contributed by atoms with van der Waals surface area (Å²) in [7, 11) is 1.34. The van der Waals surface area contributed by atoms with Crippen molar-refractivity contribution < 1.29 is 44.2 Å². The molecule has 52 heavy (non-hydrogen) atoms. The van der Waals surface area contributed by atoms with Crippen LogP contribution in [0.15, 0.2) is 58.7 Å². The summed E-state index contributed by atoms with van der Waals surface area (Å²) in [6, 6.07) is 13.4. The lowest BCUT2D eigenvalue weighted by Crippen LogP contribution is -2.49. The van der Waals surface area contributed by atoms with Gasteiger partial charge in [0.05, 0.1) is 53.9 Å². The Kier molecular flexibility index (Phi) is 10.5. The molecule has 0 unspecified atom stereocenters. The van der Waals surface area contributed by atoms with Crippen LogP contribution < -0.4 is 15.5 Å². The number of nitrogens with one attached hydrogen (secondary N) is 2. The van der Waals surface area contributed by atoms with Gasteiger partial charge in [-0.3, -0.25) is 15.0 Å². The van der Waals surface area contributed by atoms with Crippen LogP contribution in [0, 0.1) is 0 Å². The normalized spacial score (nSPS) is 25.2. The number of methoxy groups -OCH3 is 1. The quantitative estimate of drug-likeness (QED) is 0.0274. The summed E-state index contributed by atoms with van der Waals surface area (Å²) in [6.07, 6.45) is -4.33. The number of carbonyl (C=O) groups is 2. The number of thiocarbonyl (C=S) groups is 1. The van der Waals surface area contributed by atoms with Gasteiger partial charge in [-0.05, 0) is 49.6 Å². The number of fused-ring (bicyclic) bond motifs is 3. The smallest absolute Gasteiger partial charge is 0.202 e. The standard InChI is InChI=1S/C36H38N6O9S/c1-17-30(43)22(40-42-37)14-25(50-17)51-24-16-36(48,18(2)39-41-35(52)38-13-12-19-8-5-4-6-9-19)15-21-27(24)34(47)29-28(32(21)45)31(44)20-10-7-11-23(49-3)26(20)33(29)46/h4-11,17,22,24-25,30,43,45,47-48H,12-16H2,1-3H3,(H2,38,41,52)/b39-18+/t17-,22-,24-,25-,30+,36-/m0/s1. The number of phenols is 2. The monoisotopic (exact) mass is 730 g/mol. The Balaban J connectivity index is 1.37. The SMILES string of the molecule is COc1cccc2c1C(=O)c1c(O)c3c(c(O)c1C2=O)C[C@@](O)(/C(C)=N/NC(=S)NCCc1ccccc1)C[C@@H]3O[C@H]1C[C@H](N=[N+]=[N-])[C@H](O)[C@H](C)O1. The molecule has 6 N–H and O–H groups in total. The van der Waals surface area contributed by atoms with Crippen molar-refractivity contribution in [1.82, 2.24) is 10.7 Å². The number of aliphatic hydroxyl groups excluding tert-OH is 1. The second-order valence-corrected chi connectivity index (χ2v) is 13.4. The highest BCUT2D eigenvalue weighted by Crippen LogP contribution is 2.52. The molecular weight excluding hydrogens is 692 g/mol. The number of nitrogens with zero attached hydrogens (tertiary/aromatic N) is 4. The van der Waals surface area contributed by atoms with Gasteiger partial charge in [-0.15, -0.1) is 0 Å². The van der Waals surface area contributed by atoms with Crippen molar-refractivity contribution in [2.24, 2.45) is 10.2 Å². The molecular formula is C36H38N6O9S. The molecule has 0 radical (unpaired) electrons. The minimum Gasteiger partial charge on any atom is -0.507 e. The predicted octanol–water partition coefficient (Wildman–Crippen LogP) is 3.87. The molecule has 3 aromatic carbocycles. The van der Waals surface area contributed by atoms with E-state index in [9.17, 15) is 30.0 Å². The molecule has 0 aromatic heterocycles. The van der Waals surface area contributed by atoms with E-state index in [0.29, 0.717) is 13.0 Å². The van der Waals surface area contributed by atoms with Crippen molar-refractivity contribution >= 4 is 34.6 Å². The number of ketones is 2. The van der Waals surface area contributed by atoms with Crippen molar-refractivity contribution in [3.8, 4) is 17.2 Å². The first-order valence-electron chi connectivity index (χ1n) is 16.6. The van der Waals surface area contributed by atoms with Crippen molar-refractivity contribution in [3.05, 3.63) is 97.9 Å². The molecule has 1 saturated heterocycles. The number of rotatable bonds is 9. The zero-order valence-electron chi connectivity index (χ0n) is 28.6. The maximum absolute atomic E-state index is 14.0. The first-order chi connectivity index (χ1) is 24.9. The van der Waals surface area contributed by atoms with E-state index in [1.165, 1.54) is 25.3 Å². The summed E-state index contributed by atoms with van der Waals surface area (Å²) in [6.45, 7) is 3.63. The van der Waals surface area contributed by atoms with E-state index >= 15 is 0 Å². The summed E-state index contributed by atoms with van der Waals surface area (Å²) >= 11 is 5.39. The fourth-order valence-electron chi connectivity index (χ4n) is 7.03. The van der Waals surface area contributed by atoms with E-state index < -0.39 is 70.4 Å². The molecule has 0 amide bonds. The van der Waals surface area contributed by atoms with Crippen molar-refractivity contribution in [1.29, 1.82) is 0 Å². The summed E-state index contributed by atoms with van der Waals surface area (Å²) in [4.78, 5) is 30.7. The van der Waals surface area contributed by atoms with Gasteiger partial charge in [-0.25, -0.2) is 0 Å². The maximum Gasteiger partial charge on any atom is 0.202 e. The highest BCUT2D eigenvalue weighted by atomic mass is 32.1. The second kappa shape index (κ2) is 14.9. The number of ether oxygens (including phenoxy) is 3. The topological polar surface area (TPSA) is 228 Å². The molecule has 0 bridgehead atoms. The van der Waals surface area contributed by atoms with Crippen LogP contribution in [0.4, 0.5) is 0 Å². The number of hydrazone groups is 1. The van der Waals surface area contributed by atoms with Gasteiger partial charge in [-0.1, -0.05) is 47.6 Å². The van der Waals surface area contributed by atoms with Crippen LogP contribution in [0.1, 0.15) is 81.3 Å². The molecule has 1 aliphatic heterocycles. The third-order valence-electron chi connectivity index (χ3n) is 9.81. The largest absolute Gasteiger partial charge is 0.507 e. The molecule has 3 aromatic rings. The van der Waals surface area contributed by atoms with Gasteiger partial charge < -0.3 is 40.0 Å². The van der Waals surface area contributed by atoms with Crippen molar-refractivity contribution in [2.45, 2.75) is 75.8 Å². The van der Waals surface area contributed by atoms with Crippen LogP contribution in [0.3, 0.4) is 0 Å². The Morgan fingerprint density at radius 3 is 2.54 bits per heavy atom. The van der Waals surface area contributed by atoms with Gasteiger partial charge in [0.15, 0.2) is 17.2 Å². The van der Waals surface area contributed by atoms with Crippen LogP contribution in [0.5, 0.6) is 17.2 Å². The Morgan fingerprint density at radius 1 is 1.10 bits per heavy atom. The number of carbonyl (C=O) groups excluding carboxylic acids is 2. The predicted molar refractivity (Wildman–Crippen MR) is 192 cm³/mol. The Labute approximate surface area is 303 Å².